The smallest absolute Gasteiger partial charge is 0.253 e. The minimum atomic E-state index is 0.121. The molecule has 0 aromatic heterocycles. The third-order valence-corrected chi connectivity index (χ3v) is 4.39. The van der Waals surface area contributed by atoms with Crippen LogP contribution in [-0.2, 0) is 0 Å². The molecule has 3 rings (SSSR count). The lowest BCUT2D eigenvalue weighted by Gasteiger charge is -2.32. The van der Waals surface area contributed by atoms with Crippen LogP contribution in [0.5, 0.6) is 5.75 Å². The molecule has 1 fully saturated rings. The van der Waals surface area contributed by atoms with Crippen molar-refractivity contribution in [3.05, 3.63) is 65.2 Å². The average Bonchev–Trinajstić information content (AvgIpc) is 2.59. The number of aryl methyl sites for hydroxylation is 2. The van der Waals surface area contributed by atoms with Crippen LogP contribution in [0.15, 0.2) is 48.5 Å². The molecule has 0 spiro atoms. The van der Waals surface area contributed by atoms with E-state index in [1.807, 2.05) is 35.2 Å². The van der Waals surface area contributed by atoms with Gasteiger partial charge in [-0.1, -0.05) is 30.3 Å². The summed E-state index contributed by atoms with van der Waals surface area (Å²) in [5.74, 6) is 1.09. The summed E-state index contributed by atoms with van der Waals surface area (Å²) in [7, 11) is 0. The SMILES string of the molecule is Cc1ccc(C)c(OC2CCN(C(=O)c3ccccc3)CC2)c1. The Hall–Kier alpha value is -2.29. The van der Waals surface area contributed by atoms with Crippen LogP contribution in [0.2, 0.25) is 0 Å². The Labute approximate surface area is 137 Å². The lowest BCUT2D eigenvalue weighted by Crippen LogP contribution is -2.41. The first-order valence-corrected chi connectivity index (χ1v) is 8.22. The number of carbonyl (C=O) groups is 1. The number of ether oxygens (including phenoxy) is 1. The zero-order chi connectivity index (χ0) is 16.2. The van der Waals surface area contributed by atoms with Gasteiger partial charge >= 0.3 is 0 Å². The fourth-order valence-electron chi connectivity index (χ4n) is 2.95. The molecule has 3 heteroatoms. The van der Waals surface area contributed by atoms with Crippen molar-refractivity contribution in [2.24, 2.45) is 0 Å². The normalized spacial score (nSPS) is 15.5. The van der Waals surface area contributed by atoms with Gasteiger partial charge in [-0.2, -0.15) is 0 Å². The number of likely N-dealkylation sites (tertiary alicyclic amines) is 1. The van der Waals surface area contributed by atoms with Crippen molar-refractivity contribution in [1.29, 1.82) is 0 Å². The molecule has 0 bridgehead atoms. The molecule has 1 aliphatic heterocycles. The van der Waals surface area contributed by atoms with E-state index in [9.17, 15) is 4.79 Å². The van der Waals surface area contributed by atoms with Crippen LogP contribution in [0.4, 0.5) is 0 Å². The van der Waals surface area contributed by atoms with E-state index in [1.54, 1.807) is 0 Å². The molecule has 0 N–H and O–H groups in total. The fraction of sp³-hybridized carbons (Fsp3) is 0.350. The first kappa shape index (κ1) is 15.6. The third-order valence-electron chi connectivity index (χ3n) is 4.39. The van der Waals surface area contributed by atoms with Crippen LogP contribution in [0, 0.1) is 13.8 Å². The van der Waals surface area contributed by atoms with Crippen LogP contribution < -0.4 is 4.74 Å². The molecule has 1 aliphatic rings. The predicted molar refractivity (Wildman–Crippen MR) is 91.9 cm³/mol. The number of benzene rings is 2. The molecule has 0 aliphatic carbocycles. The first-order valence-electron chi connectivity index (χ1n) is 8.22. The maximum absolute atomic E-state index is 12.4. The Bertz CT molecular complexity index is 673. The Kier molecular flexibility index (Phi) is 4.65. The fourth-order valence-corrected chi connectivity index (χ4v) is 2.95. The van der Waals surface area contributed by atoms with E-state index in [2.05, 4.69) is 32.0 Å². The zero-order valence-corrected chi connectivity index (χ0v) is 13.8. The highest BCUT2D eigenvalue weighted by Crippen LogP contribution is 2.24. The molecule has 3 nitrogen and oxygen atoms in total. The number of hydrogen-bond donors (Lipinski definition) is 0. The molecule has 1 saturated heterocycles. The second kappa shape index (κ2) is 6.86. The summed E-state index contributed by atoms with van der Waals surface area (Å²) in [6.45, 7) is 5.66. The van der Waals surface area contributed by atoms with E-state index < -0.39 is 0 Å². The predicted octanol–water partition coefficient (Wildman–Crippen LogP) is 3.99. The Morgan fingerprint density at radius 1 is 1.04 bits per heavy atom. The molecule has 1 amide bonds. The van der Waals surface area contributed by atoms with Gasteiger partial charge in [-0.3, -0.25) is 4.79 Å². The molecule has 120 valence electrons. The Morgan fingerprint density at radius 2 is 1.74 bits per heavy atom. The number of piperidine rings is 1. The summed E-state index contributed by atoms with van der Waals surface area (Å²) in [4.78, 5) is 14.4. The van der Waals surface area contributed by atoms with Gasteiger partial charge in [0.25, 0.3) is 5.91 Å². The van der Waals surface area contributed by atoms with Gasteiger partial charge in [0.05, 0.1) is 0 Å². The minimum Gasteiger partial charge on any atom is -0.490 e. The van der Waals surface area contributed by atoms with Gasteiger partial charge in [0.2, 0.25) is 0 Å². The second-order valence-corrected chi connectivity index (χ2v) is 6.24. The number of rotatable bonds is 3. The van der Waals surface area contributed by atoms with Crippen molar-refractivity contribution in [3.63, 3.8) is 0 Å². The quantitative estimate of drug-likeness (QED) is 0.858. The number of hydrogen-bond acceptors (Lipinski definition) is 2. The van der Waals surface area contributed by atoms with Crippen molar-refractivity contribution in [2.45, 2.75) is 32.8 Å². The van der Waals surface area contributed by atoms with E-state index in [4.69, 9.17) is 4.74 Å². The molecule has 1 heterocycles. The van der Waals surface area contributed by atoms with Crippen molar-refractivity contribution in [3.8, 4) is 5.75 Å². The molecule has 2 aromatic carbocycles. The molecule has 0 saturated carbocycles. The highest BCUT2D eigenvalue weighted by Gasteiger charge is 2.24. The van der Waals surface area contributed by atoms with Gasteiger partial charge in [0.15, 0.2) is 0 Å². The number of carbonyl (C=O) groups excluding carboxylic acids is 1. The topological polar surface area (TPSA) is 29.5 Å². The van der Waals surface area contributed by atoms with E-state index in [1.165, 1.54) is 11.1 Å². The second-order valence-electron chi connectivity index (χ2n) is 6.24. The summed E-state index contributed by atoms with van der Waals surface area (Å²) in [5, 5.41) is 0. The van der Waals surface area contributed by atoms with Crippen molar-refractivity contribution < 1.29 is 9.53 Å². The van der Waals surface area contributed by atoms with Crippen LogP contribution >= 0.6 is 0 Å². The Morgan fingerprint density at radius 3 is 2.43 bits per heavy atom. The molecule has 0 unspecified atom stereocenters. The van der Waals surface area contributed by atoms with Crippen molar-refractivity contribution in [2.75, 3.05) is 13.1 Å². The minimum absolute atomic E-state index is 0.121. The van der Waals surface area contributed by atoms with Crippen LogP contribution in [0.3, 0.4) is 0 Å². The third kappa shape index (κ3) is 3.73. The standard InChI is InChI=1S/C20H23NO2/c1-15-8-9-16(2)19(14-15)23-18-10-12-21(13-11-18)20(22)17-6-4-3-5-7-17/h3-9,14,18H,10-13H2,1-2H3. The van der Waals surface area contributed by atoms with E-state index in [0.717, 1.165) is 37.2 Å². The summed E-state index contributed by atoms with van der Waals surface area (Å²) >= 11 is 0. The summed E-state index contributed by atoms with van der Waals surface area (Å²) in [5.41, 5.74) is 3.14. The largest absolute Gasteiger partial charge is 0.490 e. The molecule has 2 aromatic rings. The highest BCUT2D eigenvalue weighted by atomic mass is 16.5. The summed E-state index contributed by atoms with van der Waals surface area (Å²) in [6, 6.07) is 15.8. The highest BCUT2D eigenvalue weighted by molar-refractivity contribution is 5.94. The van der Waals surface area contributed by atoms with E-state index in [-0.39, 0.29) is 12.0 Å². The average molecular weight is 309 g/mol. The Balaban J connectivity index is 1.58. The van der Waals surface area contributed by atoms with Crippen molar-refractivity contribution >= 4 is 5.91 Å². The van der Waals surface area contributed by atoms with E-state index in [0.29, 0.717) is 0 Å². The van der Waals surface area contributed by atoms with Gasteiger partial charge in [0.1, 0.15) is 11.9 Å². The lowest BCUT2D eigenvalue weighted by atomic mass is 10.1. The van der Waals surface area contributed by atoms with Gasteiger partial charge in [0, 0.05) is 31.5 Å². The molecule has 23 heavy (non-hydrogen) atoms. The zero-order valence-electron chi connectivity index (χ0n) is 13.8. The van der Waals surface area contributed by atoms with Crippen LogP contribution in [-0.4, -0.2) is 30.0 Å². The van der Waals surface area contributed by atoms with Crippen molar-refractivity contribution in [1.82, 2.24) is 4.90 Å². The molecule has 0 radical (unpaired) electrons. The van der Waals surface area contributed by atoms with E-state index >= 15 is 0 Å². The lowest BCUT2D eigenvalue weighted by molar-refractivity contribution is 0.0594. The molecular weight excluding hydrogens is 286 g/mol. The maximum Gasteiger partial charge on any atom is 0.253 e. The number of amides is 1. The maximum atomic E-state index is 12.4. The number of nitrogens with zero attached hydrogens (tertiary/aromatic N) is 1. The first-order chi connectivity index (χ1) is 11.1. The van der Waals surface area contributed by atoms with Crippen LogP contribution in [0.25, 0.3) is 0 Å². The molecule has 0 atom stereocenters. The summed E-state index contributed by atoms with van der Waals surface area (Å²) in [6.07, 6.45) is 1.95. The van der Waals surface area contributed by atoms with Gasteiger partial charge in [-0.25, -0.2) is 0 Å². The molecular formula is C20H23NO2. The van der Waals surface area contributed by atoms with Gasteiger partial charge in [-0.15, -0.1) is 0 Å². The summed E-state index contributed by atoms with van der Waals surface area (Å²) < 4.78 is 6.16. The van der Waals surface area contributed by atoms with Gasteiger partial charge < -0.3 is 9.64 Å². The monoisotopic (exact) mass is 309 g/mol. The van der Waals surface area contributed by atoms with Crippen LogP contribution in [0.1, 0.15) is 34.3 Å². The van der Waals surface area contributed by atoms with Gasteiger partial charge in [-0.05, 0) is 43.2 Å².